The number of hydrogen-bond donors (Lipinski definition) is 2. The summed E-state index contributed by atoms with van der Waals surface area (Å²) in [6, 6.07) is 0.989. The standard InChI is InChI=1S/C14H18BrF3N2O/c1-9-3-2-4-13(21,6-9)8-20-12-11(14(16,17)18)5-10(15)7-19-12/h5,7,9,21H,2-4,6,8H2,1H3,(H,19,20). The van der Waals surface area contributed by atoms with Gasteiger partial charge in [0.1, 0.15) is 5.82 Å². The highest BCUT2D eigenvalue weighted by Crippen LogP contribution is 2.36. The van der Waals surface area contributed by atoms with Crippen LogP contribution in [-0.4, -0.2) is 22.2 Å². The van der Waals surface area contributed by atoms with Crippen LogP contribution in [0, 0.1) is 5.92 Å². The normalized spacial score (nSPS) is 26.7. The summed E-state index contributed by atoms with van der Waals surface area (Å²) in [7, 11) is 0. The Morgan fingerprint density at radius 1 is 1.52 bits per heavy atom. The first kappa shape index (κ1) is 16.5. The van der Waals surface area contributed by atoms with Gasteiger partial charge in [0.05, 0.1) is 11.2 Å². The number of hydrogen-bond acceptors (Lipinski definition) is 3. The highest BCUT2D eigenvalue weighted by Gasteiger charge is 2.36. The van der Waals surface area contributed by atoms with Crippen molar-refractivity contribution >= 4 is 21.7 Å². The number of anilines is 1. The number of aliphatic hydroxyl groups is 1. The van der Waals surface area contributed by atoms with E-state index in [1.54, 1.807) is 0 Å². The maximum absolute atomic E-state index is 13.0. The third-order valence-electron chi connectivity index (χ3n) is 3.81. The second kappa shape index (κ2) is 6.12. The first-order valence-electron chi connectivity index (χ1n) is 6.89. The van der Waals surface area contributed by atoms with E-state index in [-0.39, 0.29) is 16.8 Å². The molecule has 0 spiro atoms. The van der Waals surface area contributed by atoms with Crippen molar-refractivity contribution in [3.8, 4) is 0 Å². The fraction of sp³-hybridized carbons (Fsp3) is 0.643. The molecule has 1 heterocycles. The molecule has 1 saturated carbocycles. The summed E-state index contributed by atoms with van der Waals surface area (Å²) in [5.41, 5.74) is -1.79. The Balaban J connectivity index is 2.13. The van der Waals surface area contributed by atoms with E-state index >= 15 is 0 Å². The number of pyridine rings is 1. The molecule has 7 heteroatoms. The molecule has 1 aromatic heterocycles. The number of nitrogens with one attached hydrogen (secondary N) is 1. The van der Waals surface area contributed by atoms with Gasteiger partial charge in [-0.3, -0.25) is 0 Å². The monoisotopic (exact) mass is 366 g/mol. The van der Waals surface area contributed by atoms with E-state index in [1.165, 1.54) is 6.20 Å². The van der Waals surface area contributed by atoms with Crippen LogP contribution in [0.4, 0.5) is 19.0 Å². The van der Waals surface area contributed by atoms with Crippen LogP contribution in [0.1, 0.15) is 38.2 Å². The molecule has 21 heavy (non-hydrogen) atoms. The van der Waals surface area contributed by atoms with Crippen LogP contribution >= 0.6 is 15.9 Å². The van der Waals surface area contributed by atoms with Gasteiger partial charge in [-0.25, -0.2) is 4.98 Å². The maximum Gasteiger partial charge on any atom is 0.419 e. The molecule has 0 aliphatic heterocycles. The van der Waals surface area contributed by atoms with Gasteiger partial charge in [0.25, 0.3) is 0 Å². The molecule has 2 rings (SSSR count). The summed E-state index contributed by atoms with van der Waals surface area (Å²) in [5.74, 6) is 0.142. The molecular formula is C14H18BrF3N2O. The van der Waals surface area contributed by atoms with Crippen LogP contribution in [0.3, 0.4) is 0 Å². The lowest BCUT2D eigenvalue weighted by atomic mass is 9.79. The Kier molecular flexibility index (Phi) is 4.82. The second-order valence-electron chi connectivity index (χ2n) is 5.83. The molecule has 0 amide bonds. The van der Waals surface area contributed by atoms with Crippen LogP contribution in [0.5, 0.6) is 0 Å². The van der Waals surface area contributed by atoms with Crippen molar-refractivity contribution in [3.63, 3.8) is 0 Å². The minimum atomic E-state index is -4.48. The highest BCUT2D eigenvalue weighted by molar-refractivity contribution is 9.10. The fourth-order valence-electron chi connectivity index (χ4n) is 2.84. The Bertz CT molecular complexity index is 509. The molecule has 1 fully saturated rings. The Labute approximate surface area is 130 Å². The molecule has 2 atom stereocenters. The van der Waals surface area contributed by atoms with E-state index in [9.17, 15) is 18.3 Å². The van der Waals surface area contributed by atoms with Crippen molar-refractivity contribution in [2.45, 2.75) is 44.4 Å². The van der Waals surface area contributed by atoms with E-state index < -0.39 is 17.3 Å². The minimum Gasteiger partial charge on any atom is -0.388 e. The van der Waals surface area contributed by atoms with Crippen LogP contribution in [0.2, 0.25) is 0 Å². The summed E-state index contributed by atoms with van der Waals surface area (Å²) < 4.78 is 39.2. The summed E-state index contributed by atoms with van der Waals surface area (Å²) in [6.45, 7) is 2.12. The van der Waals surface area contributed by atoms with Gasteiger partial charge >= 0.3 is 6.18 Å². The number of rotatable bonds is 3. The summed E-state index contributed by atoms with van der Waals surface area (Å²) in [6.07, 6.45) is -0.0430. The van der Waals surface area contributed by atoms with Crippen LogP contribution in [0.15, 0.2) is 16.7 Å². The smallest absolute Gasteiger partial charge is 0.388 e. The molecule has 1 aliphatic carbocycles. The Hall–Kier alpha value is -0.820. The van der Waals surface area contributed by atoms with Crippen molar-refractivity contribution < 1.29 is 18.3 Å². The zero-order valence-corrected chi connectivity index (χ0v) is 13.3. The van der Waals surface area contributed by atoms with E-state index in [0.717, 1.165) is 18.9 Å². The average Bonchev–Trinajstić information content (AvgIpc) is 2.36. The SMILES string of the molecule is CC1CCCC(O)(CNc2ncc(Br)cc2C(F)(F)F)C1. The molecule has 2 N–H and O–H groups in total. The molecule has 0 aromatic carbocycles. The van der Waals surface area contributed by atoms with Gasteiger partial charge in [-0.2, -0.15) is 13.2 Å². The quantitative estimate of drug-likeness (QED) is 0.841. The van der Waals surface area contributed by atoms with Crippen molar-refractivity contribution in [1.82, 2.24) is 4.98 Å². The zero-order valence-electron chi connectivity index (χ0n) is 11.7. The van der Waals surface area contributed by atoms with Crippen LogP contribution < -0.4 is 5.32 Å². The van der Waals surface area contributed by atoms with Gasteiger partial charge in [0.15, 0.2) is 0 Å². The van der Waals surface area contributed by atoms with E-state index in [2.05, 4.69) is 26.2 Å². The molecule has 1 aromatic rings. The molecule has 3 nitrogen and oxygen atoms in total. The van der Waals surface area contributed by atoms with E-state index in [0.29, 0.717) is 18.8 Å². The zero-order chi connectivity index (χ0) is 15.7. The third-order valence-corrected chi connectivity index (χ3v) is 4.25. The maximum atomic E-state index is 13.0. The van der Waals surface area contributed by atoms with Gasteiger partial charge in [0.2, 0.25) is 0 Å². The van der Waals surface area contributed by atoms with Gasteiger partial charge in [-0.15, -0.1) is 0 Å². The predicted octanol–water partition coefficient (Wildman–Crippen LogP) is 4.22. The van der Waals surface area contributed by atoms with Gasteiger partial charge in [-0.05, 0) is 40.8 Å². The largest absolute Gasteiger partial charge is 0.419 e. The number of aromatic nitrogens is 1. The predicted molar refractivity (Wildman–Crippen MR) is 78.0 cm³/mol. The van der Waals surface area contributed by atoms with E-state index in [1.807, 2.05) is 6.92 Å². The molecular weight excluding hydrogens is 349 g/mol. The molecule has 118 valence electrons. The van der Waals surface area contributed by atoms with Gasteiger partial charge < -0.3 is 10.4 Å². The van der Waals surface area contributed by atoms with E-state index in [4.69, 9.17) is 0 Å². The van der Waals surface area contributed by atoms with Crippen LogP contribution in [0.25, 0.3) is 0 Å². The van der Waals surface area contributed by atoms with Crippen molar-refractivity contribution in [3.05, 3.63) is 22.3 Å². The average molecular weight is 367 g/mol. The summed E-state index contributed by atoms with van der Waals surface area (Å²) in [5, 5.41) is 13.1. The Morgan fingerprint density at radius 3 is 2.86 bits per heavy atom. The fourth-order valence-corrected chi connectivity index (χ4v) is 3.17. The van der Waals surface area contributed by atoms with Gasteiger partial charge in [-0.1, -0.05) is 19.8 Å². The molecule has 0 bridgehead atoms. The lowest BCUT2D eigenvalue weighted by Gasteiger charge is -2.36. The second-order valence-corrected chi connectivity index (χ2v) is 6.74. The van der Waals surface area contributed by atoms with Crippen molar-refractivity contribution in [2.24, 2.45) is 5.92 Å². The number of nitrogens with zero attached hydrogens (tertiary/aromatic N) is 1. The number of halogens is 4. The molecule has 2 unspecified atom stereocenters. The number of alkyl halides is 3. The molecule has 0 radical (unpaired) electrons. The third kappa shape index (κ3) is 4.32. The summed E-state index contributed by atoms with van der Waals surface area (Å²) >= 11 is 3.00. The minimum absolute atomic E-state index is 0.0784. The first-order chi connectivity index (χ1) is 9.70. The van der Waals surface area contributed by atoms with Crippen LogP contribution in [-0.2, 0) is 6.18 Å². The molecule has 1 aliphatic rings. The lowest BCUT2D eigenvalue weighted by Crippen LogP contribution is -2.41. The van der Waals surface area contributed by atoms with Crippen molar-refractivity contribution in [1.29, 1.82) is 0 Å². The van der Waals surface area contributed by atoms with Gasteiger partial charge in [0, 0.05) is 17.2 Å². The Morgan fingerprint density at radius 2 is 2.24 bits per heavy atom. The van der Waals surface area contributed by atoms with Crippen molar-refractivity contribution in [2.75, 3.05) is 11.9 Å². The first-order valence-corrected chi connectivity index (χ1v) is 7.68. The lowest BCUT2D eigenvalue weighted by molar-refractivity contribution is -0.137. The highest BCUT2D eigenvalue weighted by atomic mass is 79.9. The molecule has 0 saturated heterocycles. The summed E-state index contributed by atoms with van der Waals surface area (Å²) in [4.78, 5) is 3.79. The topological polar surface area (TPSA) is 45.1 Å².